The number of hydrogen-bond acceptors (Lipinski definition) is 4. The second-order valence-electron chi connectivity index (χ2n) is 5.12. The molecule has 1 N–H and O–H groups in total. The summed E-state index contributed by atoms with van der Waals surface area (Å²) in [6.07, 6.45) is 6.71. The summed E-state index contributed by atoms with van der Waals surface area (Å²) in [5.74, 6) is 0.771. The van der Waals surface area contributed by atoms with Crippen molar-refractivity contribution in [2.24, 2.45) is 5.92 Å². The first kappa shape index (κ1) is 13.5. The van der Waals surface area contributed by atoms with E-state index in [-0.39, 0.29) is 9.92 Å². The molecule has 0 radical (unpaired) electrons. The van der Waals surface area contributed by atoms with Crippen LogP contribution in [0.2, 0.25) is 0 Å². The molecule has 0 aromatic carbocycles. The van der Waals surface area contributed by atoms with Crippen LogP contribution >= 0.6 is 11.3 Å². The molecule has 2 rings (SSSR count). The van der Waals surface area contributed by atoms with E-state index < -0.39 is 0 Å². The van der Waals surface area contributed by atoms with Crippen LogP contribution in [0.4, 0.5) is 5.00 Å². The van der Waals surface area contributed by atoms with Gasteiger partial charge in [0.1, 0.15) is 0 Å². The highest BCUT2D eigenvalue weighted by molar-refractivity contribution is 7.13. The zero-order chi connectivity index (χ0) is 13.0. The van der Waals surface area contributed by atoms with Crippen molar-refractivity contribution in [3.8, 4) is 0 Å². The fourth-order valence-electron chi connectivity index (χ4n) is 2.63. The summed E-state index contributed by atoms with van der Waals surface area (Å²) >= 11 is 1.21. The molecule has 0 saturated heterocycles. The lowest BCUT2D eigenvalue weighted by Gasteiger charge is -2.28. The van der Waals surface area contributed by atoms with Crippen LogP contribution in [-0.4, -0.2) is 11.0 Å². The van der Waals surface area contributed by atoms with Crippen molar-refractivity contribution in [1.82, 2.24) is 5.32 Å². The quantitative estimate of drug-likeness (QED) is 0.654. The van der Waals surface area contributed by atoms with Gasteiger partial charge in [0, 0.05) is 24.0 Å². The van der Waals surface area contributed by atoms with Crippen LogP contribution in [0.25, 0.3) is 0 Å². The molecule has 1 aliphatic carbocycles. The molecular weight excluding hydrogens is 248 g/mol. The Morgan fingerprint density at radius 3 is 2.83 bits per heavy atom. The zero-order valence-electron chi connectivity index (χ0n) is 10.7. The number of thiophene rings is 1. The zero-order valence-corrected chi connectivity index (χ0v) is 11.5. The molecule has 0 unspecified atom stereocenters. The molecule has 1 heterocycles. The summed E-state index contributed by atoms with van der Waals surface area (Å²) in [6.45, 7) is 2.97. The van der Waals surface area contributed by atoms with E-state index in [0.29, 0.717) is 6.04 Å². The van der Waals surface area contributed by atoms with E-state index in [0.717, 1.165) is 18.0 Å². The fourth-order valence-corrected chi connectivity index (χ4v) is 3.36. The molecule has 1 saturated carbocycles. The van der Waals surface area contributed by atoms with Gasteiger partial charge in [0.05, 0.1) is 4.92 Å². The smallest absolute Gasteiger partial charge is 0.310 e. The van der Waals surface area contributed by atoms with Gasteiger partial charge in [-0.25, -0.2) is 0 Å². The molecule has 5 heteroatoms. The predicted molar refractivity (Wildman–Crippen MR) is 73.9 cm³/mol. The van der Waals surface area contributed by atoms with Crippen molar-refractivity contribution >= 4 is 16.3 Å². The Labute approximate surface area is 112 Å². The average molecular weight is 268 g/mol. The largest absolute Gasteiger partial charge is 0.324 e. The molecule has 1 atom stereocenters. The van der Waals surface area contributed by atoms with Crippen molar-refractivity contribution in [1.29, 1.82) is 0 Å². The van der Waals surface area contributed by atoms with E-state index in [1.807, 2.05) is 5.38 Å². The summed E-state index contributed by atoms with van der Waals surface area (Å²) < 4.78 is 0. The van der Waals surface area contributed by atoms with E-state index in [9.17, 15) is 10.1 Å². The van der Waals surface area contributed by atoms with E-state index in [4.69, 9.17) is 0 Å². The lowest BCUT2D eigenvalue weighted by atomic mass is 9.84. The van der Waals surface area contributed by atoms with Gasteiger partial charge in [-0.15, -0.1) is 0 Å². The van der Waals surface area contributed by atoms with E-state index >= 15 is 0 Å². The van der Waals surface area contributed by atoms with Crippen LogP contribution in [0.3, 0.4) is 0 Å². The molecule has 1 aromatic rings. The van der Waals surface area contributed by atoms with E-state index in [2.05, 4.69) is 12.2 Å². The molecule has 1 aliphatic rings. The Bertz CT molecular complexity index is 399. The predicted octanol–water partition coefficient (Wildman–Crippen LogP) is 3.71. The Morgan fingerprint density at radius 2 is 2.22 bits per heavy atom. The first-order valence-electron chi connectivity index (χ1n) is 6.62. The van der Waals surface area contributed by atoms with Crippen molar-refractivity contribution in [2.75, 3.05) is 0 Å². The van der Waals surface area contributed by atoms with Crippen LogP contribution in [0.15, 0.2) is 11.4 Å². The standard InChI is InChI=1S/C13H20N2O2S/c1-10(12-5-3-2-4-6-12)14-8-11-7-13(15(16)17)18-9-11/h7,9-10,12,14H,2-6,8H2,1H3/t10-/m1/s1. The summed E-state index contributed by atoms with van der Waals surface area (Å²) in [4.78, 5) is 10.3. The molecule has 18 heavy (non-hydrogen) atoms. The van der Waals surface area contributed by atoms with Crippen LogP contribution in [0, 0.1) is 16.0 Å². The maximum Gasteiger partial charge on any atom is 0.324 e. The van der Waals surface area contributed by atoms with Crippen molar-refractivity contribution in [2.45, 2.75) is 51.6 Å². The number of hydrogen-bond donors (Lipinski definition) is 1. The summed E-state index contributed by atoms with van der Waals surface area (Å²) in [7, 11) is 0. The van der Waals surface area contributed by atoms with Gasteiger partial charge in [0.25, 0.3) is 0 Å². The van der Waals surface area contributed by atoms with Gasteiger partial charge in [0.2, 0.25) is 0 Å². The van der Waals surface area contributed by atoms with Crippen molar-refractivity contribution in [3.63, 3.8) is 0 Å². The van der Waals surface area contributed by atoms with Gasteiger partial charge >= 0.3 is 5.00 Å². The number of nitrogens with one attached hydrogen (secondary N) is 1. The highest BCUT2D eigenvalue weighted by Gasteiger charge is 2.19. The van der Waals surface area contributed by atoms with Crippen LogP contribution in [0.5, 0.6) is 0 Å². The lowest BCUT2D eigenvalue weighted by Crippen LogP contribution is -2.34. The van der Waals surface area contributed by atoms with Crippen molar-refractivity contribution in [3.05, 3.63) is 27.1 Å². The Kier molecular flexibility index (Phi) is 4.72. The van der Waals surface area contributed by atoms with Gasteiger partial charge < -0.3 is 5.32 Å². The molecule has 0 spiro atoms. The molecule has 1 fully saturated rings. The Balaban J connectivity index is 1.80. The minimum absolute atomic E-state index is 0.233. The third kappa shape index (κ3) is 3.53. The number of rotatable bonds is 5. The average Bonchev–Trinajstić information content (AvgIpc) is 2.86. The second kappa shape index (κ2) is 6.29. The maximum absolute atomic E-state index is 10.6. The lowest BCUT2D eigenvalue weighted by molar-refractivity contribution is -0.380. The Hall–Kier alpha value is -0.940. The number of nitro groups is 1. The van der Waals surface area contributed by atoms with Gasteiger partial charge in [-0.2, -0.15) is 0 Å². The molecule has 1 aromatic heterocycles. The van der Waals surface area contributed by atoms with Gasteiger partial charge in [0.15, 0.2) is 0 Å². The SMILES string of the molecule is C[C@@H](NCc1csc([N+](=O)[O-])c1)C1CCCCC1. The minimum atomic E-state index is -0.321. The van der Waals surface area contributed by atoms with Crippen LogP contribution < -0.4 is 5.32 Å². The molecule has 0 bridgehead atoms. The highest BCUT2D eigenvalue weighted by atomic mass is 32.1. The normalized spacial score (nSPS) is 18.7. The van der Waals surface area contributed by atoms with Crippen molar-refractivity contribution < 1.29 is 4.92 Å². The van der Waals surface area contributed by atoms with E-state index in [1.54, 1.807) is 6.07 Å². The third-order valence-electron chi connectivity index (χ3n) is 3.80. The molecule has 4 nitrogen and oxygen atoms in total. The minimum Gasteiger partial charge on any atom is -0.310 e. The third-order valence-corrected chi connectivity index (χ3v) is 4.73. The summed E-state index contributed by atoms with van der Waals surface area (Å²) in [6, 6.07) is 2.18. The van der Waals surface area contributed by atoms with Crippen LogP contribution in [-0.2, 0) is 6.54 Å². The van der Waals surface area contributed by atoms with Gasteiger partial charge in [-0.05, 0) is 31.2 Å². The van der Waals surface area contributed by atoms with Crippen LogP contribution in [0.1, 0.15) is 44.6 Å². The first-order valence-corrected chi connectivity index (χ1v) is 7.50. The monoisotopic (exact) mass is 268 g/mol. The summed E-state index contributed by atoms with van der Waals surface area (Å²) in [5, 5.41) is 16.2. The number of nitrogens with zero attached hydrogens (tertiary/aromatic N) is 1. The summed E-state index contributed by atoms with van der Waals surface area (Å²) in [5.41, 5.74) is 1.02. The molecule has 0 aliphatic heterocycles. The maximum atomic E-state index is 10.6. The second-order valence-corrected chi connectivity index (χ2v) is 6.01. The molecule has 0 amide bonds. The first-order chi connectivity index (χ1) is 8.66. The van der Waals surface area contributed by atoms with E-state index in [1.165, 1.54) is 43.4 Å². The highest BCUT2D eigenvalue weighted by Crippen LogP contribution is 2.27. The van der Waals surface area contributed by atoms with Gasteiger partial charge in [-0.1, -0.05) is 30.6 Å². The van der Waals surface area contributed by atoms with Gasteiger partial charge in [-0.3, -0.25) is 10.1 Å². The fraction of sp³-hybridized carbons (Fsp3) is 0.692. The topological polar surface area (TPSA) is 55.2 Å². The molecular formula is C13H20N2O2S. The molecule has 100 valence electrons. The Morgan fingerprint density at radius 1 is 1.50 bits per heavy atom.